The van der Waals surface area contributed by atoms with Crippen molar-refractivity contribution in [1.82, 2.24) is 0 Å². The van der Waals surface area contributed by atoms with Gasteiger partial charge in [-0.2, -0.15) is 0 Å². The Hall–Kier alpha value is -3.70. The number of ether oxygens (including phenoxy) is 2. The van der Waals surface area contributed by atoms with Gasteiger partial charge in [0.05, 0.1) is 6.61 Å². The number of aliphatic hydroxyl groups is 1. The van der Waals surface area contributed by atoms with Gasteiger partial charge in [0.15, 0.2) is 6.10 Å². The van der Waals surface area contributed by atoms with Crippen LogP contribution < -0.4 is 0 Å². The fraction of sp³-hybridized carbons (Fsp3) is 0.690. The first-order valence-electron chi connectivity index (χ1n) is 32.1. The fourth-order valence-corrected chi connectivity index (χ4v) is 8.97. The van der Waals surface area contributed by atoms with E-state index in [4.69, 9.17) is 9.47 Å². The van der Waals surface area contributed by atoms with Crippen LogP contribution in [0.1, 0.15) is 296 Å². The lowest BCUT2D eigenvalue weighted by Crippen LogP contribution is -2.28. The SMILES string of the molecule is CC/C=C\C/C=C\C/C=C\C/C=C\C/C=C\C/C=C\C/C=C\C/C=C\C/C=C\CCCC(=O)OC(CO)COC(=O)CCCCCCCCCCCCCCCCCCCCCCC/C=C\CCCCCCCCCC. The normalized spacial score (nSPS) is 13.0. The minimum absolute atomic E-state index is 0.0939. The van der Waals surface area contributed by atoms with Crippen LogP contribution in [0, 0.1) is 0 Å². The van der Waals surface area contributed by atoms with Gasteiger partial charge in [-0.25, -0.2) is 0 Å². The molecule has 0 aliphatic rings. The van der Waals surface area contributed by atoms with Gasteiger partial charge in [-0.15, -0.1) is 0 Å². The van der Waals surface area contributed by atoms with E-state index in [1.807, 2.05) is 0 Å². The van der Waals surface area contributed by atoms with Crippen molar-refractivity contribution in [2.24, 2.45) is 0 Å². The van der Waals surface area contributed by atoms with Crippen molar-refractivity contribution in [2.75, 3.05) is 13.2 Å². The minimum atomic E-state index is -0.811. The Bertz CT molecular complexity index is 1520. The summed E-state index contributed by atoms with van der Waals surface area (Å²) in [7, 11) is 0. The monoisotopic (exact) mass is 1050 g/mol. The molecule has 5 nitrogen and oxygen atoms in total. The molecule has 0 amide bonds. The zero-order chi connectivity index (χ0) is 54.8. The van der Waals surface area contributed by atoms with Crippen LogP contribution in [0.5, 0.6) is 0 Å². The highest BCUT2D eigenvalue weighted by molar-refractivity contribution is 5.70. The highest BCUT2D eigenvalue weighted by Crippen LogP contribution is 2.17. The van der Waals surface area contributed by atoms with Crippen LogP contribution in [0.2, 0.25) is 0 Å². The summed E-state index contributed by atoms with van der Waals surface area (Å²) in [6, 6.07) is 0. The van der Waals surface area contributed by atoms with Gasteiger partial charge in [-0.05, 0) is 103 Å². The highest BCUT2D eigenvalue weighted by atomic mass is 16.6. The molecule has 0 saturated heterocycles. The van der Waals surface area contributed by atoms with E-state index in [-0.39, 0.29) is 31.6 Å². The van der Waals surface area contributed by atoms with Gasteiger partial charge >= 0.3 is 11.9 Å². The molecule has 1 atom stereocenters. The van der Waals surface area contributed by atoms with Crippen LogP contribution in [0.15, 0.2) is 122 Å². The van der Waals surface area contributed by atoms with E-state index >= 15 is 0 Å². The van der Waals surface area contributed by atoms with Crippen molar-refractivity contribution >= 4 is 11.9 Å². The Morgan fingerprint density at radius 2 is 0.579 bits per heavy atom. The topological polar surface area (TPSA) is 72.8 Å². The predicted octanol–water partition coefficient (Wildman–Crippen LogP) is 22.2. The molecule has 0 heterocycles. The minimum Gasteiger partial charge on any atom is -0.462 e. The first-order valence-corrected chi connectivity index (χ1v) is 32.1. The summed E-state index contributed by atoms with van der Waals surface area (Å²) in [5.74, 6) is -0.658. The van der Waals surface area contributed by atoms with E-state index < -0.39 is 6.10 Å². The lowest BCUT2D eigenvalue weighted by atomic mass is 10.0. The van der Waals surface area contributed by atoms with Gasteiger partial charge in [0.25, 0.3) is 0 Å². The van der Waals surface area contributed by atoms with Crippen LogP contribution in [0.25, 0.3) is 0 Å². The number of aliphatic hydroxyl groups excluding tert-OH is 1. The van der Waals surface area contributed by atoms with Gasteiger partial charge in [-0.1, -0.05) is 302 Å². The molecular formula is C71H120O5. The second-order valence-corrected chi connectivity index (χ2v) is 21.1. The van der Waals surface area contributed by atoms with Crippen molar-refractivity contribution in [3.63, 3.8) is 0 Å². The van der Waals surface area contributed by atoms with Gasteiger partial charge in [-0.3, -0.25) is 9.59 Å². The number of unbranched alkanes of at least 4 members (excludes halogenated alkanes) is 30. The molecule has 76 heavy (non-hydrogen) atoms. The number of hydrogen-bond donors (Lipinski definition) is 1. The zero-order valence-corrected chi connectivity index (χ0v) is 49.7. The molecule has 0 aromatic heterocycles. The molecule has 0 aliphatic heterocycles. The van der Waals surface area contributed by atoms with Crippen LogP contribution in [-0.2, 0) is 19.1 Å². The number of carbonyl (C=O) groups is 2. The van der Waals surface area contributed by atoms with E-state index in [9.17, 15) is 14.7 Å². The first kappa shape index (κ1) is 72.3. The molecular weight excluding hydrogens is 933 g/mol. The Balaban J connectivity index is 3.56. The van der Waals surface area contributed by atoms with Crippen molar-refractivity contribution in [1.29, 1.82) is 0 Å². The smallest absolute Gasteiger partial charge is 0.306 e. The summed E-state index contributed by atoms with van der Waals surface area (Å²) in [6.07, 6.45) is 96.4. The van der Waals surface area contributed by atoms with E-state index in [1.165, 1.54) is 180 Å². The van der Waals surface area contributed by atoms with Gasteiger partial charge in [0, 0.05) is 12.8 Å². The lowest BCUT2D eigenvalue weighted by molar-refractivity contribution is -0.161. The molecule has 0 aliphatic carbocycles. The zero-order valence-electron chi connectivity index (χ0n) is 49.7. The molecule has 0 fully saturated rings. The van der Waals surface area contributed by atoms with Crippen molar-refractivity contribution < 1.29 is 24.2 Å². The summed E-state index contributed by atoms with van der Waals surface area (Å²) in [5, 5.41) is 9.67. The molecule has 434 valence electrons. The molecule has 1 unspecified atom stereocenters. The standard InChI is InChI=1S/C71H120O5/c1-3-5-7-9-11-13-15-17-19-21-23-25-27-29-31-33-34-35-36-38-39-41-43-45-47-49-51-53-55-57-59-61-63-65-70(73)75-68-69(67-72)76-71(74)66-64-62-60-58-56-54-52-50-48-46-44-42-40-37-32-30-28-26-24-22-20-18-16-14-12-10-8-6-4-2/h6,8,12,14,18,20-21,23-24,26,30,32,40,42,46,48,52,54,58,60,69,72H,3-5,7,9-11,13,15-17,19,22,25,27-29,31,33-39,41,43-45,47,49-51,53,55-57,59,61-68H2,1-2H3/b8-6-,14-12-,20-18-,23-21-,26-24-,32-30-,42-40-,48-46-,54-52-,60-58-. The average Bonchev–Trinajstić information content (AvgIpc) is 3.42. The van der Waals surface area contributed by atoms with Crippen LogP contribution in [0.3, 0.4) is 0 Å². The molecule has 0 aromatic rings. The lowest BCUT2D eigenvalue weighted by Gasteiger charge is -2.15. The molecule has 0 spiro atoms. The van der Waals surface area contributed by atoms with E-state index in [0.29, 0.717) is 12.8 Å². The Morgan fingerprint density at radius 3 is 0.908 bits per heavy atom. The number of allylic oxidation sites excluding steroid dienone is 20. The highest BCUT2D eigenvalue weighted by Gasteiger charge is 2.16. The molecule has 5 heteroatoms. The predicted molar refractivity (Wildman–Crippen MR) is 334 cm³/mol. The largest absolute Gasteiger partial charge is 0.462 e. The third-order valence-corrected chi connectivity index (χ3v) is 13.7. The molecule has 0 radical (unpaired) electrons. The molecule has 0 saturated carbocycles. The maximum Gasteiger partial charge on any atom is 0.306 e. The second kappa shape index (κ2) is 65.6. The van der Waals surface area contributed by atoms with Crippen LogP contribution in [-0.4, -0.2) is 36.4 Å². The van der Waals surface area contributed by atoms with E-state index in [1.54, 1.807) is 0 Å². The van der Waals surface area contributed by atoms with Crippen LogP contribution >= 0.6 is 0 Å². The molecule has 0 rings (SSSR count). The van der Waals surface area contributed by atoms with Gasteiger partial charge in [0.1, 0.15) is 6.61 Å². The van der Waals surface area contributed by atoms with E-state index in [0.717, 1.165) is 83.5 Å². The third-order valence-electron chi connectivity index (χ3n) is 13.7. The summed E-state index contributed by atoms with van der Waals surface area (Å²) in [5.41, 5.74) is 0. The number of esters is 2. The summed E-state index contributed by atoms with van der Waals surface area (Å²) < 4.78 is 10.7. The molecule has 0 bridgehead atoms. The maximum atomic E-state index is 12.3. The summed E-state index contributed by atoms with van der Waals surface area (Å²) >= 11 is 0. The van der Waals surface area contributed by atoms with Crippen molar-refractivity contribution in [3.8, 4) is 0 Å². The van der Waals surface area contributed by atoms with Crippen molar-refractivity contribution in [3.05, 3.63) is 122 Å². The maximum absolute atomic E-state index is 12.3. The Kier molecular flexibility index (Phi) is 62.4. The summed E-state index contributed by atoms with van der Waals surface area (Å²) in [4.78, 5) is 24.6. The second-order valence-electron chi connectivity index (χ2n) is 21.1. The number of hydrogen-bond acceptors (Lipinski definition) is 5. The molecule has 1 N–H and O–H groups in total. The fourth-order valence-electron chi connectivity index (χ4n) is 8.97. The quantitative estimate of drug-likeness (QED) is 0.0373. The Labute approximate surface area is 471 Å². The number of rotatable bonds is 58. The van der Waals surface area contributed by atoms with E-state index in [2.05, 4.69) is 135 Å². The van der Waals surface area contributed by atoms with Crippen molar-refractivity contribution in [2.45, 2.75) is 302 Å². The van der Waals surface area contributed by atoms with Crippen LogP contribution in [0.4, 0.5) is 0 Å². The third kappa shape index (κ3) is 62.8. The van der Waals surface area contributed by atoms with Gasteiger partial charge < -0.3 is 14.6 Å². The number of carbonyl (C=O) groups excluding carboxylic acids is 2. The average molecular weight is 1050 g/mol. The first-order chi connectivity index (χ1) is 37.6. The summed E-state index contributed by atoms with van der Waals surface area (Å²) in [6.45, 7) is 4.00. The molecule has 0 aromatic carbocycles. The Morgan fingerprint density at radius 1 is 0.316 bits per heavy atom. The van der Waals surface area contributed by atoms with Gasteiger partial charge in [0.2, 0.25) is 0 Å².